The van der Waals surface area contributed by atoms with Crippen LogP contribution in [-0.4, -0.2) is 12.6 Å². The molecule has 1 nitrogen and oxygen atoms in total. The number of alkyl halides is 2. The summed E-state index contributed by atoms with van der Waals surface area (Å²) < 4.78 is 23.2. The number of rotatable bonds is 2. The first-order chi connectivity index (χ1) is 4.06. The molecule has 0 rings (SSSR count). The first kappa shape index (κ1) is 11.6. The van der Waals surface area contributed by atoms with E-state index in [1.807, 2.05) is 19.2 Å². The lowest BCUT2D eigenvalue weighted by Crippen LogP contribution is -2.32. The third-order valence-electron chi connectivity index (χ3n) is 0.487. The maximum Gasteiger partial charge on any atom is 0.299 e. The Kier molecular flexibility index (Phi) is 7.66. The molecule has 0 aromatic carbocycles. The minimum Gasteiger partial charge on any atom is -0.259 e. The Hall–Kier alpha value is -0.180. The summed E-state index contributed by atoms with van der Waals surface area (Å²) in [5.74, 6) is 0. The van der Waals surface area contributed by atoms with Crippen LogP contribution in [0.1, 0.15) is 27.7 Å². The zero-order valence-corrected chi connectivity index (χ0v) is 6.46. The molecule has 0 amide bonds. The zero-order valence-electron chi connectivity index (χ0n) is 6.46. The van der Waals surface area contributed by atoms with Crippen molar-refractivity contribution in [2.45, 2.75) is 33.7 Å². The van der Waals surface area contributed by atoms with Gasteiger partial charge in [0.2, 0.25) is 0 Å². The summed E-state index contributed by atoms with van der Waals surface area (Å²) in [7, 11) is 0. The second-order valence-corrected chi connectivity index (χ2v) is 1.42. The molecular weight excluding hydrogens is 124 g/mol. The lowest BCUT2D eigenvalue weighted by atomic mass is 10.6. The van der Waals surface area contributed by atoms with Crippen molar-refractivity contribution in [3.63, 3.8) is 0 Å². The Morgan fingerprint density at radius 3 is 1.67 bits per heavy atom. The molecule has 0 saturated carbocycles. The quantitative estimate of drug-likeness (QED) is 0.578. The fourth-order valence-corrected chi connectivity index (χ4v) is 0.310. The van der Waals surface area contributed by atoms with E-state index in [0.29, 0.717) is 6.54 Å². The Morgan fingerprint density at radius 2 is 1.67 bits per heavy atom. The molecule has 0 aliphatic carbocycles. The van der Waals surface area contributed by atoms with Gasteiger partial charge in [0.05, 0.1) is 0 Å². The molecule has 0 aliphatic rings. The molecule has 0 fully saturated rings. The Labute approximate surface area is 55.5 Å². The summed E-state index contributed by atoms with van der Waals surface area (Å²) >= 11 is 0. The molecule has 0 aromatic heterocycles. The largest absolute Gasteiger partial charge is 0.299 e. The molecule has 3 heteroatoms. The summed E-state index contributed by atoms with van der Waals surface area (Å²) in [6.07, 6.45) is 0. The summed E-state index contributed by atoms with van der Waals surface area (Å²) in [5, 5.41) is 1.95. The average Bonchev–Trinajstić information content (AvgIpc) is 1.69. The van der Waals surface area contributed by atoms with Crippen molar-refractivity contribution in [2.75, 3.05) is 6.54 Å². The van der Waals surface area contributed by atoms with Crippen LogP contribution in [0, 0.1) is 0 Å². The van der Waals surface area contributed by atoms with Gasteiger partial charge in [0.1, 0.15) is 0 Å². The van der Waals surface area contributed by atoms with Gasteiger partial charge in [-0.3, -0.25) is 5.32 Å². The van der Waals surface area contributed by atoms with Crippen molar-refractivity contribution < 1.29 is 8.78 Å². The number of hydrogen-bond acceptors (Lipinski definition) is 1. The highest BCUT2D eigenvalue weighted by atomic mass is 19.3. The SMILES string of the molecule is CC.CCNC(C)(F)F. The smallest absolute Gasteiger partial charge is 0.259 e. The van der Waals surface area contributed by atoms with Gasteiger partial charge >= 0.3 is 0 Å². The number of halogens is 2. The molecule has 1 N–H and O–H groups in total. The molecule has 0 aromatic rings. The van der Waals surface area contributed by atoms with Crippen LogP contribution in [0.2, 0.25) is 0 Å². The maximum atomic E-state index is 11.6. The zero-order chi connectivity index (χ0) is 7.91. The van der Waals surface area contributed by atoms with Gasteiger partial charge in [0.15, 0.2) is 0 Å². The third kappa shape index (κ3) is 18.2. The molecule has 0 saturated heterocycles. The van der Waals surface area contributed by atoms with Crippen molar-refractivity contribution in [3.8, 4) is 0 Å². The first-order valence-corrected chi connectivity index (χ1v) is 3.19. The molecular formula is C6H15F2N. The second kappa shape index (κ2) is 5.95. The van der Waals surface area contributed by atoms with E-state index >= 15 is 0 Å². The van der Waals surface area contributed by atoms with Crippen molar-refractivity contribution in [1.82, 2.24) is 5.32 Å². The predicted molar refractivity (Wildman–Crippen MR) is 35.6 cm³/mol. The molecule has 0 radical (unpaired) electrons. The van der Waals surface area contributed by atoms with E-state index in [-0.39, 0.29) is 0 Å². The van der Waals surface area contributed by atoms with Gasteiger partial charge in [0.25, 0.3) is 6.05 Å². The highest BCUT2D eigenvalue weighted by Crippen LogP contribution is 2.03. The number of hydrogen-bond donors (Lipinski definition) is 1. The molecule has 9 heavy (non-hydrogen) atoms. The van der Waals surface area contributed by atoms with Crippen molar-refractivity contribution >= 4 is 0 Å². The van der Waals surface area contributed by atoms with E-state index < -0.39 is 6.05 Å². The van der Waals surface area contributed by atoms with E-state index in [1.54, 1.807) is 6.92 Å². The van der Waals surface area contributed by atoms with Crippen molar-refractivity contribution in [1.29, 1.82) is 0 Å². The molecule has 58 valence electrons. The third-order valence-corrected chi connectivity index (χ3v) is 0.487. The van der Waals surface area contributed by atoms with E-state index in [0.717, 1.165) is 6.92 Å². The van der Waals surface area contributed by atoms with Crippen molar-refractivity contribution in [2.24, 2.45) is 0 Å². The molecule has 0 heterocycles. The minimum absolute atomic E-state index is 0.309. The Bertz CT molecular complexity index is 49.5. The van der Waals surface area contributed by atoms with Gasteiger partial charge in [-0.2, -0.15) is 8.78 Å². The molecule has 0 atom stereocenters. The van der Waals surface area contributed by atoms with Gasteiger partial charge in [-0.25, -0.2) is 0 Å². The summed E-state index contributed by atoms with van der Waals surface area (Å²) in [6.45, 7) is 6.78. The van der Waals surface area contributed by atoms with E-state index in [1.165, 1.54) is 0 Å². The molecule has 0 aliphatic heterocycles. The van der Waals surface area contributed by atoms with Gasteiger partial charge < -0.3 is 0 Å². The summed E-state index contributed by atoms with van der Waals surface area (Å²) in [6, 6.07) is -2.70. The molecule has 0 spiro atoms. The fourth-order valence-electron chi connectivity index (χ4n) is 0.310. The first-order valence-electron chi connectivity index (χ1n) is 3.19. The van der Waals surface area contributed by atoms with Gasteiger partial charge in [-0.05, 0) is 6.54 Å². The highest BCUT2D eigenvalue weighted by Gasteiger charge is 2.16. The Morgan fingerprint density at radius 1 is 1.33 bits per heavy atom. The Balaban J connectivity index is 0. The van der Waals surface area contributed by atoms with Crippen LogP contribution >= 0.6 is 0 Å². The maximum absolute atomic E-state index is 11.6. The van der Waals surface area contributed by atoms with E-state index in [9.17, 15) is 8.78 Å². The summed E-state index contributed by atoms with van der Waals surface area (Å²) in [5.41, 5.74) is 0. The van der Waals surface area contributed by atoms with Gasteiger partial charge in [-0.15, -0.1) is 0 Å². The van der Waals surface area contributed by atoms with E-state index in [4.69, 9.17) is 0 Å². The van der Waals surface area contributed by atoms with Crippen LogP contribution in [0.15, 0.2) is 0 Å². The van der Waals surface area contributed by atoms with E-state index in [2.05, 4.69) is 0 Å². The van der Waals surface area contributed by atoms with Crippen LogP contribution in [0.3, 0.4) is 0 Å². The normalized spacial score (nSPS) is 10.0. The minimum atomic E-state index is -2.70. The van der Waals surface area contributed by atoms with Crippen molar-refractivity contribution in [3.05, 3.63) is 0 Å². The highest BCUT2D eigenvalue weighted by molar-refractivity contribution is 4.49. The predicted octanol–water partition coefficient (Wildman–Crippen LogP) is 2.23. The van der Waals surface area contributed by atoms with Crippen LogP contribution in [0.4, 0.5) is 8.78 Å². The topological polar surface area (TPSA) is 12.0 Å². The summed E-state index contributed by atoms with van der Waals surface area (Å²) in [4.78, 5) is 0. The molecule has 0 bridgehead atoms. The number of nitrogens with one attached hydrogen (secondary N) is 1. The second-order valence-electron chi connectivity index (χ2n) is 1.42. The van der Waals surface area contributed by atoms with Crippen LogP contribution in [0.5, 0.6) is 0 Å². The average molecular weight is 139 g/mol. The van der Waals surface area contributed by atoms with Gasteiger partial charge in [0, 0.05) is 6.92 Å². The molecule has 0 unspecified atom stereocenters. The lowest BCUT2D eigenvalue weighted by Gasteiger charge is -2.08. The van der Waals surface area contributed by atoms with Crippen LogP contribution < -0.4 is 5.32 Å². The van der Waals surface area contributed by atoms with Crippen LogP contribution in [0.25, 0.3) is 0 Å². The monoisotopic (exact) mass is 139 g/mol. The lowest BCUT2D eigenvalue weighted by molar-refractivity contribution is -0.0128. The standard InChI is InChI=1S/C4H9F2N.C2H6/c1-3-7-4(2,5)6;1-2/h7H,3H2,1-2H3;1-2H3. The van der Waals surface area contributed by atoms with Crippen LogP contribution in [-0.2, 0) is 0 Å². The fraction of sp³-hybridized carbons (Fsp3) is 1.00. The van der Waals surface area contributed by atoms with Gasteiger partial charge in [-0.1, -0.05) is 20.8 Å².